The van der Waals surface area contributed by atoms with Crippen molar-refractivity contribution in [1.82, 2.24) is 4.90 Å². The van der Waals surface area contributed by atoms with E-state index < -0.39 is 4.92 Å². The Bertz CT molecular complexity index is 817. The van der Waals surface area contributed by atoms with Crippen molar-refractivity contribution in [2.75, 3.05) is 25.0 Å². The SMILES string of the molecule is CN(Cc1ccc(Br)cc1)C(=O)c1cc([N+](=O)[O-])ccc1N1CCCC1. The number of nitro groups is 1. The first-order chi connectivity index (χ1) is 12.5. The first kappa shape index (κ1) is 18.4. The van der Waals surface area contributed by atoms with Crippen molar-refractivity contribution in [2.24, 2.45) is 0 Å². The van der Waals surface area contributed by atoms with Crippen LogP contribution in [0, 0.1) is 10.1 Å². The molecule has 1 fully saturated rings. The Kier molecular flexibility index (Phi) is 5.56. The predicted octanol–water partition coefficient (Wildman–Crippen LogP) is 4.23. The molecule has 0 unspecified atom stereocenters. The number of halogens is 1. The average Bonchev–Trinajstić information content (AvgIpc) is 3.17. The lowest BCUT2D eigenvalue weighted by molar-refractivity contribution is -0.384. The molecule has 0 saturated carbocycles. The first-order valence-electron chi connectivity index (χ1n) is 8.49. The third-order valence-corrected chi connectivity index (χ3v) is 5.08. The van der Waals surface area contributed by atoms with E-state index >= 15 is 0 Å². The molecule has 0 aromatic heterocycles. The molecule has 0 atom stereocenters. The second-order valence-corrected chi connectivity index (χ2v) is 7.36. The molecule has 1 saturated heterocycles. The minimum absolute atomic E-state index is 0.0617. The Labute approximate surface area is 160 Å². The van der Waals surface area contributed by atoms with Crippen LogP contribution in [0.25, 0.3) is 0 Å². The summed E-state index contributed by atoms with van der Waals surface area (Å²) >= 11 is 3.40. The van der Waals surface area contributed by atoms with Gasteiger partial charge in [0.2, 0.25) is 0 Å². The molecular weight excluding hydrogens is 398 g/mol. The van der Waals surface area contributed by atoms with Crippen molar-refractivity contribution >= 4 is 33.2 Å². The van der Waals surface area contributed by atoms with Crippen LogP contribution in [0.2, 0.25) is 0 Å². The Hall–Kier alpha value is -2.41. The number of benzene rings is 2. The van der Waals surface area contributed by atoms with Crippen molar-refractivity contribution < 1.29 is 9.72 Å². The summed E-state index contributed by atoms with van der Waals surface area (Å²) < 4.78 is 0.977. The van der Waals surface area contributed by atoms with E-state index in [-0.39, 0.29) is 11.6 Å². The summed E-state index contributed by atoms with van der Waals surface area (Å²) in [7, 11) is 1.72. The molecule has 1 aliphatic rings. The number of hydrogen-bond donors (Lipinski definition) is 0. The van der Waals surface area contributed by atoms with Crippen LogP contribution in [0.5, 0.6) is 0 Å². The maximum absolute atomic E-state index is 13.0. The van der Waals surface area contributed by atoms with Gasteiger partial charge in [-0.2, -0.15) is 0 Å². The van der Waals surface area contributed by atoms with Crippen molar-refractivity contribution in [2.45, 2.75) is 19.4 Å². The highest BCUT2D eigenvalue weighted by Gasteiger charge is 2.24. The van der Waals surface area contributed by atoms with Crippen LogP contribution >= 0.6 is 15.9 Å². The van der Waals surface area contributed by atoms with Gasteiger partial charge in [-0.25, -0.2) is 0 Å². The van der Waals surface area contributed by atoms with Crippen molar-refractivity contribution in [3.05, 3.63) is 68.2 Å². The van der Waals surface area contributed by atoms with E-state index in [0.29, 0.717) is 12.1 Å². The number of nitrogens with zero attached hydrogens (tertiary/aromatic N) is 3. The third kappa shape index (κ3) is 4.04. The van der Waals surface area contributed by atoms with Gasteiger partial charge in [0.05, 0.1) is 16.2 Å². The van der Waals surface area contributed by atoms with Gasteiger partial charge in [0.15, 0.2) is 0 Å². The molecule has 1 aliphatic heterocycles. The van der Waals surface area contributed by atoms with E-state index in [1.807, 2.05) is 24.3 Å². The molecule has 2 aromatic carbocycles. The highest BCUT2D eigenvalue weighted by molar-refractivity contribution is 9.10. The lowest BCUT2D eigenvalue weighted by Gasteiger charge is -2.24. The quantitative estimate of drug-likeness (QED) is 0.539. The number of nitro benzene ring substituents is 1. The molecule has 0 N–H and O–H groups in total. The van der Waals surface area contributed by atoms with Crippen LogP contribution in [0.1, 0.15) is 28.8 Å². The van der Waals surface area contributed by atoms with Gasteiger partial charge < -0.3 is 9.80 Å². The number of rotatable bonds is 5. The molecule has 3 rings (SSSR count). The first-order valence-corrected chi connectivity index (χ1v) is 9.28. The van der Waals surface area contributed by atoms with Crippen molar-refractivity contribution in [3.8, 4) is 0 Å². The second kappa shape index (κ2) is 7.86. The van der Waals surface area contributed by atoms with Crippen molar-refractivity contribution in [3.63, 3.8) is 0 Å². The van der Waals surface area contributed by atoms with Gasteiger partial charge >= 0.3 is 0 Å². The average molecular weight is 418 g/mol. The standard InChI is InChI=1S/C19H20BrN3O3/c1-21(13-14-4-6-15(20)7-5-14)19(24)17-12-16(23(25)26)8-9-18(17)22-10-2-3-11-22/h4-9,12H,2-3,10-11,13H2,1H3. The maximum atomic E-state index is 13.0. The van der Waals surface area contributed by atoms with Crippen LogP contribution in [0.3, 0.4) is 0 Å². The van der Waals surface area contributed by atoms with E-state index in [9.17, 15) is 14.9 Å². The summed E-state index contributed by atoms with van der Waals surface area (Å²) in [4.78, 5) is 27.5. The van der Waals surface area contributed by atoms with Gasteiger partial charge in [-0.1, -0.05) is 28.1 Å². The zero-order chi connectivity index (χ0) is 18.7. The Balaban J connectivity index is 1.89. The maximum Gasteiger partial charge on any atom is 0.270 e. The van der Waals surface area contributed by atoms with Gasteiger partial charge in [0.1, 0.15) is 0 Å². The minimum atomic E-state index is -0.459. The molecule has 1 heterocycles. The summed E-state index contributed by atoms with van der Waals surface area (Å²) in [6.45, 7) is 2.18. The zero-order valence-corrected chi connectivity index (χ0v) is 16.1. The normalized spacial score (nSPS) is 13.7. The molecule has 0 aliphatic carbocycles. The summed E-state index contributed by atoms with van der Waals surface area (Å²) in [5, 5.41) is 11.2. The molecule has 1 amide bonds. The molecule has 7 heteroatoms. The minimum Gasteiger partial charge on any atom is -0.371 e. The molecule has 6 nitrogen and oxygen atoms in total. The number of carbonyl (C=O) groups excluding carboxylic acids is 1. The molecule has 0 spiro atoms. The molecular formula is C19H20BrN3O3. The van der Waals surface area contributed by atoms with Gasteiger partial charge in [-0.15, -0.1) is 0 Å². The largest absolute Gasteiger partial charge is 0.371 e. The molecule has 26 heavy (non-hydrogen) atoms. The monoisotopic (exact) mass is 417 g/mol. The number of non-ortho nitro benzene ring substituents is 1. The molecule has 0 radical (unpaired) electrons. The summed E-state index contributed by atoms with van der Waals surface area (Å²) in [5.41, 5.74) is 2.10. The van der Waals surface area contributed by atoms with Gasteiger partial charge in [0, 0.05) is 43.3 Å². The Morgan fingerprint density at radius 3 is 2.46 bits per heavy atom. The van der Waals surface area contributed by atoms with E-state index in [0.717, 1.165) is 41.7 Å². The van der Waals surface area contributed by atoms with E-state index in [4.69, 9.17) is 0 Å². The summed E-state index contributed by atoms with van der Waals surface area (Å²) in [5.74, 6) is -0.210. The van der Waals surface area contributed by atoms with Crippen LogP contribution in [0.4, 0.5) is 11.4 Å². The highest BCUT2D eigenvalue weighted by atomic mass is 79.9. The third-order valence-electron chi connectivity index (χ3n) is 4.55. The fourth-order valence-electron chi connectivity index (χ4n) is 3.18. The van der Waals surface area contributed by atoms with Gasteiger partial charge in [-0.05, 0) is 36.6 Å². The van der Waals surface area contributed by atoms with Crippen LogP contribution in [-0.4, -0.2) is 35.9 Å². The summed E-state index contributed by atoms with van der Waals surface area (Å²) in [6, 6.07) is 12.3. The Morgan fingerprint density at radius 2 is 1.85 bits per heavy atom. The predicted molar refractivity (Wildman–Crippen MR) is 104 cm³/mol. The fraction of sp³-hybridized carbons (Fsp3) is 0.316. The van der Waals surface area contributed by atoms with Crippen LogP contribution < -0.4 is 4.90 Å². The molecule has 2 aromatic rings. The number of carbonyl (C=O) groups is 1. The molecule has 0 bridgehead atoms. The van der Waals surface area contributed by atoms with Crippen LogP contribution in [-0.2, 0) is 6.54 Å². The van der Waals surface area contributed by atoms with Crippen molar-refractivity contribution in [1.29, 1.82) is 0 Å². The zero-order valence-electron chi connectivity index (χ0n) is 14.5. The molecule has 136 valence electrons. The van der Waals surface area contributed by atoms with Gasteiger partial charge in [-0.3, -0.25) is 14.9 Å². The highest BCUT2D eigenvalue weighted by Crippen LogP contribution is 2.29. The number of anilines is 1. The van der Waals surface area contributed by atoms with E-state index in [1.165, 1.54) is 12.1 Å². The summed E-state index contributed by atoms with van der Waals surface area (Å²) in [6.07, 6.45) is 2.14. The number of amides is 1. The van der Waals surface area contributed by atoms with E-state index in [2.05, 4.69) is 20.8 Å². The smallest absolute Gasteiger partial charge is 0.270 e. The van der Waals surface area contributed by atoms with E-state index in [1.54, 1.807) is 18.0 Å². The fourth-order valence-corrected chi connectivity index (χ4v) is 3.45. The topological polar surface area (TPSA) is 66.7 Å². The lowest BCUT2D eigenvalue weighted by atomic mass is 10.1. The Morgan fingerprint density at radius 1 is 1.19 bits per heavy atom. The van der Waals surface area contributed by atoms with Crippen LogP contribution in [0.15, 0.2) is 46.9 Å². The number of hydrogen-bond acceptors (Lipinski definition) is 4. The van der Waals surface area contributed by atoms with Gasteiger partial charge in [0.25, 0.3) is 11.6 Å². The second-order valence-electron chi connectivity index (χ2n) is 6.44. The lowest BCUT2D eigenvalue weighted by Crippen LogP contribution is -2.29.